The third-order valence-corrected chi connectivity index (χ3v) is 8.05. The van der Waals surface area contributed by atoms with Gasteiger partial charge in [0.15, 0.2) is 0 Å². The number of rotatable bonds is 7. The zero-order valence-corrected chi connectivity index (χ0v) is 23.9. The first kappa shape index (κ1) is 27.9. The molecule has 0 fully saturated rings. The summed E-state index contributed by atoms with van der Waals surface area (Å²) in [4.78, 5) is 43.1. The summed E-state index contributed by atoms with van der Waals surface area (Å²) in [6, 6.07) is 5.92. The lowest BCUT2D eigenvalue weighted by molar-refractivity contribution is -0.178. The van der Waals surface area contributed by atoms with Crippen LogP contribution in [-0.4, -0.2) is 70.8 Å². The van der Waals surface area contributed by atoms with Gasteiger partial charge in [-0.25, -0.2) is 4.79 Å². The molecule has 2 heterocycles. The molecule has 0 radical (unpaired) electrons. The Bertz CT molecular complexity index is 1270. The van der Waals surface area contributed by atoms with E-state index in [1.807, 2.05) is 50.9 Å². The fourth-order valence-electron chi connectivity index (χ4n) is 5.62. The number of esters is 1. The Balaban J connectivity index is 1.74. The van der Waals surface area contributed by atoms with Crippen molar-refractivity contribution in [2.75, 3.05) is 26.7 Å². The van der Waals surface area contributed by atoms with Crippen LogP contribution in [0.5, 0.6) is 0 Å². The van der Waals surface area contributed by atoms with Gasteiger partial charge in [-0.3, -0.25) is 19.1 Å². The molecule has 1 aliphatic carbocycles. The van der Waals surface area contributed by atoms with Gasteiger partial charge in [0.05, 0.1) is 17.4 Å². The van der Waals surface area contributed by atoms with Gasteiger partial charge in [0.2, 0.25) is 5.91 Å². The first-order valence-corrected chi connectivity index (χ1v) is 13.7. The number of nitrogens with zero attached hydrogens (tertiary/aromatic N) is 3. The quantitative estimate of drug-likeness (QED) is 0.378. The van der Waals surface area contributed by atoms with Crippen molar-refractivity contribution >= 4 is 34.4 Å². The Morgan fingerprint density at radius 1 is 1.11 bits per heavy atom. The Hall–Kier alpha value is -3.13. The highest BCUT2D eigenvalue weighted by molar-refractivity contribution is 6.03. The number of amides is 1. The molecule has 1 amide bonds. The summed E-state index contributed by atoms with van der Waals surface area (Å²) in [6.45, 7) is 15.4. The van der Waals surface area contributed by atoms with Crippen LogP contribution in [0.1, 0.15) is 59.6 Å². The van der Waals surface area contributed by atoms with Crippen LogP contribution < -0.4 is 0 Å². The fraction of sp³-hybridized carbons (Fsp3) is 0.567. The fourth-order valence-corrected chi connectivity index (χ4v) is 5.62. The average molecular weight is 524 g/mol. The van der Waals surface area contributed by atoms with E-state index in [0.29, 0.717) is 26.1 Å². The van der Waals surface area contributed by atoms with Crippen LogP contribution in [0.4, 0.5) is 4.79 Å². The number of hydrogen-bond donors (Lipinski definition) is 0. The molecule has 8 nitrogen and oxygen atoms in total. The van der Waals surface area contributed by atoms with E-state index in [1.54, 1.807) is 13.8 Å². The standard InChI is InChI=1S/C30H41N3O5/c1-9-32(10-2)26(34)20-14-23-22-12-11-13-24-25(22)21(15-30(23,7)31(8)16-20)17-33(24)29(36)38-28(19(5)6)37-27(35)18(3)4/h11-14,17-20,28H,9-10,15-16H2,1-8H3/t20-,28+,30-/m1/s1. The SMILES string of the molecule is CCN(CC)C(=O)[C@@H]1C=C2c3cccc4c3c(cn4C(=O)O[C@H](OC(=O)C(C)C)C(C)C)C[C@@]2(C)N(C)C1. The van der Waals surface area contributed by atoms with Gasteiger partial charge in [-0.2, -0.15) is 0 Å². The lowest BCUT2D eigenvalue weighted by Gasteiger charge is -2.48. The lowest BCUT2D eigenvalue weighted by Crippen LogP contribution is -2.54. The van der Waals surface area contributed by atoms with Gasteiger partial charge in [0.1, 0.15) is 0 Å². The first-order chi connectivity index (χ1) is 17.9. The molecule has 2 aliphatic rings. The Labute approximate surface area is 225 Å². The summed E-state index contributed by atoms with van der Waals surface area (Å²) in [6.07, 6.45) is 3.13. The summed E-state index contributed by atoms with van der Waals surface area (Å²) in [5.41, 5.74) is 3.63. The van der Waals surface area contributed by atoms with Crippen molar-refractivity contribution < 1.29 is 23.9 Å². The molecule has 0 saturated carbocycles. The van der Waals surface area contributed by atoms with E-state index in [9.17, 15) is 14.4 Å². The smallest absolute Gasteiger partial charge is 0.421 e. The average Bonchev–Trinajstić information content (AvgIpc) is 3.24. The molecule has 3 atom stereocenters. The van der Waals surface area contributed by atoms with Gasteiger partial charge >= 0.3 is 12.1 Å². The molecule has 1 aliphatic heterocycles. The Morgan fingerprint density at radius 2 is 1.79 bits per heavy atom. The number of aromatic nitrogens is 1. The van der Waals surface area contributed by atoms with Gasteiger partial charge in [-0.05, 0) is 57.0 Å². The second-order valence-electron chi connectivity index (χ2n) is 11.3. The molecular weight excluding hydrogens is 482 g/mol. The third kappa shape index (κ3) is 4.75. The number of carbonyl (C=O) groups excluding carboxylic acids is 3. The minimum absolute atomic E-state index is 0.145. The van der Waals surface area contributed by atoms with Crippen molar-refractivity contribution in [3.05, 3.63) is 41.6 Å². The third-order valence-electron chi connectivity index (χ3n) is 8.05. The van der Waals surface area contributed by atoms with E-state index in [1.165, 1.54) is 4.57 Å². The highest BCUT2D eigenvalue weighted by Crippen LogP contribution is 2.47. The van der Waals surface area contributed by atoms with Gasteiger partial charge in [0, 0.05) is 42.7 Å². The van der Waals surface area contributed by atoms with Crippen LogP contribution in [0, 0.1) is 17.8 Å². The molecule has 0 spiro atoms. The maximum Gasteiger partial charge on any atom is 0.421 e. The van der Waals surface area contributed by atoms with Crippen molar-refractivity contribution in [3.63, 3.8) is 0 Å². The van der Waals surface area contributed by atoms with E-state index in [2.05, 4.69) is 31.0 Å². The van der Waals surface area contributed by atoms with Crippen molar-refractivity contribution in [1.29, 1.82) is 0 Å². The van der Waals surface area contributed by atoms with Crippen LogP contribution in [0.3, 0.4) is 0 Å². The number of hydrogen-bond acceptors (Lipinski definition) is 6. The normalized spacial score (nSPS) is 21.7. The zero-order chi connectivity index (χ0) is 27.9. The van der Waals surface area contributed by atoms with Crippen molar-refractivity contribution in [3.8, 4) is 0 Å². The molecule has 1 aromatic heterocycles. The van der Waals surface area contributed by atoms with E-state index in [0.717, 1.165) is 27.6 Å². The van der Waals surface area contributed by atoms with Crippen LogP contribution >= 0.6 is 0 Å². The number of ether oxygens (including phenoxy) is 2. The Morgan fingerprint density at radius 3 is 2.39 bits per heavy atom. The number of likely N-dealkylation sites (N-methyl/N-ethyl adjacent to an activating group) is 1. The van der Waals surface area contributed by atoms with E-state index in [4.69, 9.17) is 9.47 Å². The maximum absolute atomic E-state index is 13.4. The predicted molar refractivity (Wildman–Crippen MR) is 148 cm³/mol. The van der Waals surface area contributed by atoms with Crippen LogP contribution in [0.15, 0.2) is 30.5 Å². The number of benzene rings is 1. The van der Waals surface area contributed by atoms with Gasteiger partial charge in [-0.15, -0.1) is 0 Å². The minimum atomic E-state index is -0.979. The number of fused-ring (bicyclic) bond motifs is 2. The summed E-state index contributed by atoms with van der Waals surface area (Å²) >= 11 is 0. The van der Waals surface area contributed by atoms with Crippen molar-refractivity contribution in [2.24, 2.45) is 17.8 Å². The van der Waals surface area contributed by atoms with Gasteiger partial charge < -0.3 is 14.4 Å². The minimum Gasteiger partial charge on any atom is -0.425 e. The molecule has 0 N–H and O–H groups in total. The van der Waals surface area contributed by atoms with Crippen LogP contribution in [0.2, 0.25) is 0 Å². The largest absolute Gasteiger partial charge is 0.425 e. The predicted octanol–water partition coefficient (Wildman–Crippen LogP) is 4.94. The molecule has 4 rings (SSSR count). The molecule has 0 bridgehead atoms. The zero-order valence-electron chi connectivity index (χ0n) is 23.9. The lowest BCUT2D eigenvalue weighted by atomic mass is 9.71. The van der Waals surface area contributed by atoms with E-state index < -0.39 is 18.4 Å². The monoisotopic (exact) mass is 523 g/mol. The van der Waals surface area contributed by atoms with Crippen molar-refractivity contribution in [1.82, 2.24) is 14.4 Å². The summed E-state index contributed by atoms with van der Waals surface area (Å²) in [5.74, 6) is -1.01. The van der Waals surface area contributed by atoms with Gasteiger partial charge in [-0.1, -0.05) is 45.9 Å². The van der Waals surface area contributed by atoms with E-state index >= 15 is 0 Å². The van der Waals surface area contributed by atoms with Crippen LogP contribution in [-0.2, 0) is 25.5 Å². The summed E-state index contributed by atoms with van der Waals surface area (Å²) < 4.78 is 12.7. The summed E-state index contributed by atoms with van der Waals surface area (Å²) in [5, 5.41) is 0.998. The van der Waals surface area contributed by atoms with Gasteiger partial charge in [0.25, 0.3) is 6.29 Å². The highest BCUT2D eigenvalue weighted by atomic mass is 16.7. The molecule has 38 heavy (non-hydrogen) atoms. The second-order valence-corrected chi connectivity index (χ2v) is 11.3. The van der Waals surface area contributed by atoms with E-state index in [-0.39, 0.29) is 29.2 Å². The summed E-state index contributed by atoms with van der Waals surface area (Å²) in [7, 11) is 2.07. The number of carbonyl (C=O) groups is 3. The maximum atomic E-state index is 13.4. The van der Waals surface area contributed by atoms with Crippen molar-refractivity contribution in [2.45, 2.75) is 66.7 Å². The second kappa shape index (κ2) is 10.6. The molecule has 1 aromatic carbocycles. The molecule has 0 saturated heterocycles. The molecule has 0 unspecified atom stereocenters. The first-order valence-electron chi connectivity index (χ1n) is 13.7. The van der Waals surface area contributed by atoms with Crippen LogP contribution in [0.25, 0.3) is 16.5 Å². The molecule has 2 aromatic rings. The topological polar surface area (TPSA) is 81.1 Å². The molecular formula is C30H41N3O5. The Kier molecular flexibility index (Phi) is 7.75. The molecule has 206 valence electrons. The highest BCUT2D eigenvalue weighted by Gasteiger charge is 2.45. The molecule has 8 heteroatoms.